The highest BCUT2D eigenvalue weighted by atomic mass is 32.1. The number of pyridine rings is 1. The number of fused-ring (bicyclic) bond motifs is 1. The third-order valence-electron chi connectivity index (χ3n) is 5.09. The van der Waals surface area contributed by atoms with E-state index in [1.807, 2.05) is 24.5 Å². The van der Waals surface area contributed by atoms with E-state index in [2.05, 4.69) is 26.7 Å². The molecule has 3 atom stereocenters. The summed E-state index contributed by atoms with van der Waals surface area (Å²) in [6.07, 6.45) is 6.33. The standard InChI is InChI=1S/C19H24N2O2S/c1-4-20-5-2-15(1)12-22-13-17-9-18-19(10-17)23-7-6-21(18)11-16-3-8-24-14-16/h1-5,8,14,17-19H,6-7,9-13H2. The van der Waals surface area contributed by atoms with E-state index in [1.54, 1.807) is 11.3 Å². The first-order valence-corrected chi connectivity index (χ1v) is 9.66. The monoisotopic (exact) mass is 344 g/mol. The molecule has 0 aromatic carbocycles. The first kappa shape index (κ1) is 16.2. The number of aromatic nitrogens is 1. The normalized spacial score (nSPS) is 27.2. The largest absolute Gasteiger partial charge is 0.376 e. The quantitative estimate of drug-likeness (QED) is 0.805. The maximum atomic E-state index is 6.04. The maximum absolute atomic E-state index is 6.04. The number of morpholine rings is 1. The molecule has 1 aliphatic carbocycles. The van der Waals surface area contributed by atoms with Gasteiger partial charge >= 0.3 is 0 Å². The number of ether oxygens (including phenoxy) is 2. The number of nitrogens with zero attached hydrogens (tertiary/aromatic N) is 2. The van der Waals surface area contributed by atoms with Crippen molar-refractivity contribution in [2.75, 3.05) is 19.8 Å². The average molecular weight is 344 g/mol. The summed E-state index contributed by atoms with van der Waals surface area (Å²) in [4.78, 5) is 6.65. The van der Waals surface area contributed by atoms with E-state index in [0.29, 0.717) is 24.7 Å². The van der Waals surface area contributed by atoms with Crippen LogP contribution in [0.5, 0.6) is 0 Å². The minimum atomic E-state index is 0.381. The summed E-state index contributed by atoms with van der Waals surface area (Å²) in [6, 6.07) is 6.81. The van der Waals surface area contributed by atoms with Crippen molar-refractivity contribution in [1.82, 2.24) is 9.88 Å². The molecule has 24 heavy (non-hydrogen) atoms. The van der Waals surface area contributed by atoms with Crippen LogP contribution in [0.2, 0.25) is 0 Å². The molecule has 1 saturated carbocycles. The zero-order chi connectivity index (χ0) is 16.2. The van der Waals surface area contributed by atoms with Gasteiger partial charge in [-0.25, -0.2) is 0 Å². The Morgan fingerprint density at radius 1 is 1.21 bits per heavy atom. The summed E-state index contributed by atoms with van der Waals surface area (Å²) in [6.45, 7) is 4.45. The van der Waals surface area contributed by atoms with Gasteiger partial charge in [-0.1, -0.05) is 0 Å². The van der Waals surface area contributed by atoms with Crippen LogP contribution in [0.15, 0.2) is 41.4 Å². The Morgan fingerprint density at radius 3 is 2.96 bits per heavy atom. The molecular weight excluding hydrogens is 320 g/mol. The molecule has 3 heterocycles. The van der Waals surface area contributed by atoms with Crippen LogP contribution in [-0.4, -0.2) is 41.8 Å². The van der Waals surface area contributed by atoms with Crippen LogP contribution in [0.4, 0.5) is 0 Å². The van der Waals surface area contributed by atoms with Crippen LogP contribution < -0.4 is 0 Å². The number of hydrogen-bond donors (Lipinski definition) is 0. The molecule has 0 radical (unpaired) electrons. The third-order valence-corrected chi connectivity index (χ3v) is 5.82. The highest BCUT2D eigenvalue weighted by Gasteiger charge is 2.40. The molecule has 2 aromatic heterocycles. The first-order chi connectivity index (χ1) is 11.9. The van der Waals surface area contributed by atoms with Gasteiger partial charge in [0.15, 0.2) is 0 Å². The topological polar surface area (TPSA) is 34.6 Å². The van der Waals surface area contributed by atoms with Crippen molar-refractivity contribution >= 4 is 11.3 Å². The van der Waals surface area contributed by atoms with Gasteiger partial charge < -0.3 is 9.47 Å². The average Bonchev–Trinajstić information content (AvgIpc) is 3.26. The smallest absolute Gasteiger partial charge is 0.0734 e. The second-order valence-electron chi connectivity index (χ2n) is 6.79. The molecule has 2 fully saturated rings. The van der Waals surface area contributed by atoms with Gasteiger partial charge in [-0.2, -0.15) is 11.3 Å². The Hall–Kier alpha value is -1.27. The Kier molecular flexibility index (Phi) is 5.23. The summed E-state index contributed by atoms with van der Waals surface area (Å²) < 4.78 is 12.0. The molecule has 2 aromatic rings. The van der Waals surface area contributed by atoms with Crippen LogP contribution in [-0.2, 0) is 22.6 Å². The van der Waals surface area contributed by atoms with Crippen molar-refractivity contribution in [3.63, 3.8) is 0 Å². The van der Waals surface area contributed by atoms with E-state index in [0.717, 1.165) is 32.7 Å². The zero-order valence-electron chi connectivity index (χ0n) is 13.8. The van der Waals surface area contributed by atoms with E-state index in [1.165, 1.54) is 17.5 Å². The Morgan fingerprint density at radius 2 is 2.12 bits per heavy atom. The Balaban J connectivity index is 1.29. The summed E-state index contributed by atoms with van der Waals surface area (Å²) in [5.41, 5.74) is 2.62. The Bertz CT molecular complexity index is 620. The lowest BCUT2D eigenvalue weighted by Gasteiger charge is -2.37. The van der Waals surface area contributed by atoms with Gasteiger partial charge in [0.25, 0.3) is 0 Å². The molecule has 128 valence electrons. The van der Waals surface area contributed by atoms with E-state index in [9.17, 15) is 0 Å². The van der Waals surface area contributed by atoms with Crippen LogP contribution in [0.25, 0.3) is 0 Å². The van der Waals surface area contributed by atoms with Crippen molar-refractivity contribution in [3.8, 4) is 0 Å². The SMILES string of the molecule is c1cc(COCC2CC3OCCN(Cc4ccsc4)C3C2)ccn1. The fraction of sp³-hybridized carbons (Fsp3) is 0.526. The highest BCUT2D eigenvalue weighted by molar-refractivity contribution is 7.07. The van der Waals surface area contributed by atoms with E-state index < -0.39 is 0 Å². The minimum Gasteiger partial charge on any atom is -0.376 e. The molecule has 4 rings (SSSR count). The van der Waals surface area contributed by atoms with Gasteiger partial charge in [0, 0.05) is 38.1 Å². The number of thiophene rings is 1. The number of hydrogen-bond acceptors (Lipinski definition) is 5. The highest BCUT2D eigenvalue weighted by Crippen LogP contribution is 2.35. The molecule has 0 N–H and O–H groups in total. The molecule has 0 amide bonds. The number of rotatable bonds is 6. The fourth-order valence-electron chi connectivity index (χ4n) is 3.90. The predicted molar refractivity (Wildman–Crippen MR) is 94.9 cm³/mol. The first-order valence-electron chi connectivity index (χ1n) is 8.72. The molecule has 0 bridgehead atoms. The van der Waals surface area contributed by atoms with Gasteiger partial charge in [-0.3, -0.25) is 9.88 Å². The van der Waals surface area contributed by atoms with E-state index in [4.69, 9.17) is 9.47 Å². The fourth-order valence-corrected chi connectivity index (χ4v) is 4.56. The van der Waals surface area contributed by atoms with Crippen LogP contribution in [0.1, 0.15) is 24.0 Å². The van der Waals surface area contributed by atoms with Crippen LogP contribution in [0.3, 0.4) is 0 Å². The third kappa shape index (κ3) is 3.86. The molecule has 1 aliphatic heterocycles. The molecule has 1 saturated heterocycles. The van der Waals surface area contributed by atoms with E-state index >= 15 is 0 Å². The van der Waals surface area contributed by atoms with Crippen molar-refractivity contribution in [2.24, 2.45) is 5.92 Å². The van der Waals surface area contributed by atoms with E-state index in [-0.39, 0.29) is 0 Å². The predicted octanol–water partition coefficient (Wildman–Crippen LogP) is 3.34. The van der Waals surface area contributed by atoms with Crippen molar-refractivity contribution in [3.05, 3.63) is 52.5 Å². The molecule has 3 unspecified atom stereocenters. The lowest BCUT2D eigenvalue weighted by molar-refractivity contribution is -0.0590. The molecule has 5 heteroatoms. The van der Waals surface area contributed by atoms with Crippen molar-refractivity contribution in [1.29, 1.82) is 0 Å². The van der Waals surface area contributed by atoms with Crippen molar-refractivity contribution < 1.29 is 9.47 Å². The lowest BCUT2D eigenvalue weighted by atomic mass is 10.1. The summed E-state index contributed by atoms with van der Waals surface area (Å²) in [7, 11) is 0. The van der Waals surface area contributed by atoms with Gasteiger partial charge in [0.05, 0.1) is 19.3 Å². The maximum Gasteiger partial charge on any atom is 0.0734 e. The van der Waals surface area contributed by atoms with Gasteiger partial charge in [-0.05, 0) is 58.8 Å². The molecule has 0 spiro atoms. The second-order valence-corrected chi connectivity index (χ2v) is 7.57. The van der Waals surface area contributed by atoms with Gasteiger partial charge in [0.2, 0.25) is 0 Å². The second kappa shape index (κ2) is 7.74. The van der Waals surface area contributed by atoms with Crippen LogP contribution in [0, 0.1) is 5.92 Å². The Labute approximate surface area is 147 Å². The van der Waals surface area contributed by atoms with Crippen LogP contribution >= 0.6 is 11.3 Å². The summed E-state index contributed by atoms with van der Waals surface area (Å²) >= 11 is 1.78. The molecule has 2 aliphatic rings. The van der Waals surface area contributed by atoms with Crippen molar-refractivity contribution in [2.45, 2.75) is 38.1 Å². The summed E-state index contributed by atoms with van der Waals surface area (Å²) in [5, 5.41) is 4.42. The summed E-state index contributed by atoms with van der Waals surface area (Å²) in [5.74, 6) is 0.602. The molecule has 4 nitrogen and oxygen atoms in total. The zero-order valence-corrected chi connectivity index (χ0v) is 14.7. The van der Waals surface area contributed by atoms with Gasteiger partial charge in [0.1, 0.15) is 0 Å². The van der Waals surface area contributed by atoms with Gasteiger partial charge in [-0.15, -0.1) is 0 Å². The molecular formula is C19H24N2O2S. The minimum absolute atomic E-state index is 0.381. The lowest BCUT2D eigenvalue weighted by Crippen LogP contribution is -2.47.